The predicted octanol–water partition coefficient (Wildman–Crippen LogP) is 9.75. The predicted molar refractivity (Wildman–Crippen MR) is 227 cm³/mol. The van der Waals surface area contributed by atoms with Gasteiger partial charge >= 0.3 is 11.9 Å². The summed E-state index contributed by atoms with van der Waals surface area (Å²) in [5.41, 5.74) is 5.84. The van der Waals surface area contributed by atoms with Crippen LogP contribution in [0.15, 0.2) is 158 Å². The van der Waals surface area contributed by atoms with Gasteiger partial charge in [-0.1, -0.05) is 84.9 Å². The molecule has 0 bridgehead atoms. The summed E-state index contributed by atoms with van der Waals surface area (Å²) in [6.45, 7) is 0. The molecule has 0 radical (unpaired) electrons. The molecule has 14 heteroatoms. The number of fused-ring (bicyclic) bond motifs is 2. The number of halogens is 2. The molecule has 0 aliphatic carbocycles. The SMILES string of the molecule is ClN(c1ccccc1)c1nnc(Cc2ccncc2)c2ccccc12.ClN(c1ccccc1)c1nnc(Cc2ccncc2)c2ccccc12.O=C(O)CCC(=O)O. The molecule has 8 rings (SSSR count). The van der Waals surface area contributed by atoms with Gasteiger partial charge in [0.05, 0.1) is 35.6 Å². The minimum absolute atomic E-state index is 0.296. The summed E-state index contributed by atoms with van der Waals surface area (Å²) >= 11 is 13.1. The van der Waals surface area contributed by atoms with Crippen LogP contribution in [0.1, 0.15) is 35.4 Å². The number of carbonyl (C=O) groups is 2. The van der Waals surface area contributed by atoms with Crippen LogP contribution < -0.4 is 8.84 Å². The van der Waals surface area contributed by atoms with Crippen LogP contribution in [0.25, 0.3) is 21.5 Å². The van der Waals surface area contributed by atoms with Gasteiger partial charge in [0.15, 0.2) is 11.6 Å². The highest BCUT2D eigenvalue weighted by molar-refractivity contribution is 6.31. The van der Waals surface area contributed by atoms with Crippen molar-refractivity contribution in [1.82, 2.24) is 30.4 Å². The number of hydrogen-bond donors (Lipinski definition) is 2. The van der Waals surface area contributed by atoms with E-state index in [1.165, 1.54) is 0 Å². The van der Waals surface area contributed by atoms with Crippen molar-refractivity contribution < 1.29 is 19.8 Å². The first kappa shape index (κ1) is 40.6. The van der Waals surface area contributed by atoms with Crippen LogP contribution in [0.5, 0.6) is 0 Å². The second-order valence-electron chi connectivity index (χ2n) is 12.6. The van der Waals surface area contributed by atoms with Gasteiger partial charge in [-0.05, 0) is 59.7 Å². The van der Waals surface area contributed by atoms with Crippen molar-refractivity contribution in [1.29, 1.82) is 0 Å². The molecule has 0 saturated carbocycles. The van der Waals surface area contributed by atoms with Crippen molar-refractivity contribution in [2.24, 2.45) is 0 Å². The van der Waals surface area contributed by atoms with E-state index < -0.39 is 11.9 Å². The number of carboxylic acid groups (broad SMARTS) is 2. The Morgan fingerprint density at radius 3 is 1.12 bits per heavy atom. The maximum atomic E-state index is 9.64. The van der Waals surface area contributed by atoms with Crippen molar-refractivity contribution in [2.45, 2.75) is 25.7 Å². The molecule has 0 amide bonds. The van der Waals surface area contributed by atoms with Crippen LogP contribution in [-0.4, -0.2) is 52.5 Å². The van der Waals surface area contributed by atoms with Crippen molar-refractivity contribution in [3.63, 3.8) is 0 Å². The van der Waals surface area contributed by atoms with Crippen LogP contribution in [0, 0.1) is 0 Å². The molecule has 4 heterocycles. The summed E-state index contributed by atoms with van der Waals surface area (Å²) in [4.78, 5) is 27.4. The maximum Gasteiger partial charge on any atom is 0.303 e. The van der Waals surface area contributed by atoms with Crippen LogP contribution in [-0.2, 0) is 22.4 Å². The summed E-state index contributed by atoms with van der Waals surface area (Å²) in [6.07, 6.45) is 7.95. The fourth-order valence-corrected chi connectivity index (χ4v) is 6.28. The van der Waals surface area contributed by atoms with Gasteiger partial charge in [-0.15, -0.1) is 10.2 Å². The lowest BCUT2D eigenvalue weighted by Gasteiger charge is -2.17. The first-order valence-corrected chi connectivity index (χ1v) is 18.7. The Morgan fingerprint density at radius 1 is 0.448 bits per heavy atom. The number of anilines is 4. The number of para-hydroxylation sites is 2. The molecule has 4 aromatic carbocycles. The molecule has 4 aromatic heterocycles. The Labute approximate surface area is 344 Å². The smallest absolute Gasteiger partial charge is 0.303 e. The summed E-state index contributed by atoms with van der Waals surface area (Å²) in [7, 11) is 0. The number of pyridine rings is 2. The molecule has 2 N–H and O–H groups in total. The standard InChI is InChI=1S/2C20H15ClN4.C4H6O4/c2*21-25(16-6-2-1-3-7-16)20-18-9-5-4-8-17(18)19(23-24-20)14-15-10-12-22-13-11-15;5-3(6)1-2-4(7)8/h2*1-13H,14H2;1-2H2,(H,5,6)(H,7,8). The molecule has 8 aromatic rings. The largest absolute Gasteiger partial charge is 0.481 e. The molecular formula is C44H36Cl2N8O4. The zero-order valence-electron chi connectivity index (χ0n) is 30.9. The van der Waals surface area contributed by atoms with Crippen LogP contribution in [0.4, 0.5) is 23.0 Å². The number of rotatable bonds is 11. The number of nitrogens with zero attached hydrogens (tertiary/aromatic N) is 8. The van der Waals surface area contributed by atoms with E-state index in [2.05, 4.69) is 42.5 Å². The third kappa shape index (κ3) is 10.8. The lowest BCUT2D eigenvalue weighted by Crippen LogP contribution is -2.08. The van der Waals surface area contributed by atoms with Crippen molar-refractivity contribution >= 4 is 80.0 Å². The highest BCUT2D eigenvalue weighted by Crippen LogP contribution is 2.34. The average Bonchev–Trinajstić information content (AvgIpc) is 3.27. The molecule has 0 fully saturated rings. The van der Waals surface area contributed by atoms with Gasteiger partial charge in [-0.25, -0.2) is 8.84 Å². The molecule has 0 atom stereocenters. The van der Waals surface area contributed by atoms with Gasteiger partial charge < -0.3 is 10.2 Å². The van der Waals surface area contributed by atoms with Gasteiger partial charge in [0, 0.05) is 82.7 Å². The van der Waals surface area contributed by atoms with Crippen LogP contribution >= 0.6 is 23.6 Å². The fourth-order valence-electron chi connectivity index (χ4n) is 5.81. The molecule has 0 spiro atoms. The van der Waals surface area contributed by atoms with Crippen LogP contribution in [0.3, 0.4) is 0 Å². The van der Waals surface area contributed by atoms with Gasteiger partial charge in [-0.2, -0.15) is 10.2 Å². The minimum Gasteiger partial charge on any atom is -0.481 e. The van der Waals surface area contributed by atoms with Crippen LogP contribution in [0.2, 0.25) is 0 Å². The topological polar surface area (TPSA) is 158 Å². The molecule has 0 saturated heterocycles. The Kier molecular flexibility index (Phi) is 14.2. The van der Waals surface area contributed by atoms with E-state index >= 15 is 0 Å². The summed E-state index contributed by atoms with van der Waals surface area (Å²) in [5.74, 6) is -0.899. The van der Waals surface area contributed by atoms with Gasteiger partial charge in [-0.3, -0.25) is 19.6 Å². The molecular weight excluding hydrogens is 775 g/mol. The first-order valence-electron chi connectivity index (χ1n) is 18.0. The number of benzene rings is 4. The second-order valence-corrected chi connectivity index (χ2v) is 13.3. The number of carboxylic acids is 2. The van der Waals surface area contributed by atoms with Gasteiger partial charge in [0.1, 0.15) is 0 Å². The third-order valence-corrected chi connectivity index (χ3v) is 9.33. The van der Waals surface area contributed by atoms with E-state index in [0.717, 1.165) is 55.4 Å². The van der Waals surface area contributed by atoms with Crippen molar-refractivity contribution in [3.05, 3.63) is 181 Å². The summed E-state index contributed by atoms with van der Waals surface area (Å²) in [6, 6.07) is 43.5. The lowest BCUT2D eigenvalue weighted by atomic mass is 10.0. The average molecular weight is 812 g/mol. The molecule has 0 unspecified atom stereocenters. The zero-order chi connectivity index (χ0) is 40.7. The zero-order valence-corrected chi connectivity index (χ0v) is 32.4. The van der Waals surface area contributed by atoms with E-state index in [4.69, 9.17) is 33.8 Å². The first-order chi connectivity index (χ1) is 28.3. The fraction of sp³-hybridized carbons (Fsp3) is 0.0909. The van der Waals surface area contributed by atoms with E-state index in [1.807, 2.05) is 121 Å². The highest BCUT2D eigenvalue weighted by Gasteiger charge is 2.17. The third-order valence-electron chi connectivity index (χ3n) is 8.62. The Morgan fingerprint density at radius 2 is 0.776 bits per heavy atom. The van der Waals surface area contributed by atoms with E-state index in [9.17, 15) is 9.59 Å². The molecule has 0 aliphatic heterocycles. The van der Waals surface area contributed by atoms with E-state index in [0.29, 0.717) is 24.5 Å². The Bertz CT molecular complexity index is 2400. The number of aromatic nitrogens is 6. The Balaban J connectivity index is 0.000000165. The Hall–Kier alpha value is -7.02. The number of hydrogen-bond acceptors (Lipinski definition) is 10. The highest BCUT2D eigenvalue weighted by atomic mass is 35.5. The van der Waals surface area contributed by atoms with E-state index in [1.54, 1.807) is 33.6 Å². The van der Waals surface area contributed by atoms with Crippen molar-refractivity contribution in [2.75, 3.05) is 8.84 Å². The quantitative estimate of drug-likeness (QED) is 0.119. The summed E-state index contributed by atoms with van der Waals surface area (Å²) < 4.78 is 3.09. The molecule has 0 aliphatic rings. The van der Waals surface area contributed by atoms with Gasteiger partial charge in [0.2, 0.25) is 0 Å². The van der Waals surface area contributed by atoms with E-state index in [-0.39, 0.29) is 12.8 Å². The van der Waals surface area contributed by atoms with Gasteiger partial charge in [0.25, 0.3) is 0 Å². The molecule has 12 nitrogen and oxygen atoms in total. The normalized spacial score (nSPS) is 10.4. The summed E-state index contributed by atoms with van der Waals surface area (Å²) in [5, 5.41) is 37.6. The maximum absolute atomic E-state index is 9.64. The lowest BCUT2D eigenvalue weighted by molar-refractivity contribution is -0.143. The monoisotopic (exact) mass is 810 g/mol. The second kappa shape index (κ2) is 20.2. The molecule has 58 heavy (non-hydrogen) atoms. The minimum atomic E-state index is -1.08. The number of aliphatic carboxylic acids is 2. The van der Waals surface area contributed by atoms with Crippen molar-refractivity contribution in [3.8, 4) is 0 Å². The molecule has 290 valence electrons.